The molecule has 1 heterocycles. The minimum Gasteiger partial charge on any atom is -0.478 e. The molecule has 1 aromatic rings. The second-order valence-corrected chi connectivity index (χ2v) is 4.13. The van der Waals surface area contributed by atoms with Crippen molar-refractivity contribution in [2.75, 3.05) is 0 Å². The summed E-state index contributed by atoms with van der Waals surface area (Å²) in [5, 5.41) is 10.5. The van der Waals surface area contributed by atoms with Crippen LogP contribution in [0.15, 0.2) is 12.4 Å². The van der Waals surface area contributed by atoms with E-state index < -0.39 is 23.6 Å². The van der Waals surface area contributed by atoms with Crippen molar-refractivity contribution in [1.82, 2.24) is 15.3 Å². The first-order chi connectivity index (χ1) is 8.74. The van der Waals surface area contributed by atoms with Crippen LogP contribution in [0.3, 0.4) is 0 Å². The topological polar surface area (TPSA) is 92.2 Å². The fourth-order valence-corrected chi connectivity index (χ4v) is 1.50. The van der Waals surface area contributed by atoms with E-state index in [1.54, 1.807) is 0 Å². The van der Waals surface area contributed by atoms with Crippen LogP contribution in [-0.2, 0) is 10.3 Å². The van der Waals surface area contributed by atoms with Crippen molar-refractivity contribution in [2.24, 2.45) is 0 Å². The Labute approximate surface area is 104 Å². The summed E-state index contributed by atoms with van der Waals surface area (Å²) in [5.74, 6) is -3.32. The molecule has 1 amide bonds. The van der Waals surface area contributed by atoms with Gasteiger partial charge in [0.2, 0.25) is 0 Å². The molecule has 9 heteroatoms. The van der Waals surface area contributed by atoms with Gasteiger partial charge in [-0.05, 0) is 12.8 Å². The maximum atomic E-state index is 12.2. The Morgan fingerprint density at radius 3 is 2.16 bits per heavy atom. The molecular formula is C10H8F3N3O3. The van der Waals surface area contributed by atoms with E-state index >= 15 is 0 Å². The fourth-order valence-electron chi connectivity index (χ4n) is 1.50. The number of carboxylic acids is 1. The third-order valence-corrected chi connectivity index (χ3v) is 2.69. The number of hydrogen-bond acceptors (Lipinski definition) is 4. The first kappa shape index (κ1) is 13.2. The van der Waals surface area contributed by atoms with Crippen LogP contribution in [0.5, 0.6) is 0 Å². The molecule has 1 aliphatic carbocycles. The second-order valence-electron chi connectivity index (χ2n) is 4.13. The summed E-state index contributed by atoms with van der Waals surface area (Å²) in [5.41, 5.74) is -1.41. The monoisotopic (exact) mass is 275 g/mol. The Morgan fingerprint density at radius 2 is 1.79 bits per heavy atom. The summed E-state index contributed by atoms with van der Waals surface area (Å²) in [4.78, 5) is 28.9. The lowest BCUT2D eigenvalue weighted by molar-refractivity contribution is -0.174. The Balaban J connectivity index is 2.17. The van der Waals surface area contributed by atoms with Gasteiger partial charge in [-0.25, -0.2) is 14.8 Å². The zero-order valence-corrected chi connectivity index (χ0v) is 9.36. The van der Waals surface area contributed by atoms with Crippen molar-refractivity contribution >= 4 is 11.9 Å². The van der Waals surface area contributed by atoms with Crippen LogP contribution in [0.4, 0.5) is 13.2 Å². The molecule has 1 saturated carbocycles. The van der Waals surface area contributed by atoms with Gasteiger partial charge in [0.15, 0.2) is 5.82 Å². The summed E-state index contributed by atoms with van der Waals surface area (Å²) in [6, 6.07) is 0. The average Bonchev–Trinajstić information content (AvgIpc) is 3.09. The van der Waals surface area contributed by atoms with Crippen LogP contribution in [0.1, 0.15) is 29.0 Å². The SMILES string of the molecule is O=C(O)c1cnc(C2(NC(=O)C(F)(F)F)CC2)nc1. The number of hydrogen-bond donors (Lipinski definition) is 2. The Kier molecular flexibility index (Phi) is 2.91. The predicted molar refractivity (Wildman–Crippen MR) is 54.1 cm³/mol. The van der Waals surface area contributed by atoms with Crippen molar-refractivity contribution in [3.63, 3.8) is 0 Å². The molecule has 0 aliphatic heterocycles. The van der Waals surface area contributed by atoms with Crippen LogP contribution in [-0.4, -0.2) is 33.1 Å². The van der Waals surface area contributed by atoms with Crippen LogP contribution >= 0.6 is 0 Å². The smallest absolute Gasteiger partial charge is 0.471 e. The normalized spacial score (nSPS) is 16.8. The third kappa shape index (κ3) is 2.64. The summed E-state index contributed by atoms with van der Waals surface area (Å²) in [7, 11) is 0. The Hall–Kier alpha value is -2.19. The molecule has 2 N–H and O–H groups in total. The van der Waals surface area contributed by atoms with Gasteiger partial charge in [0, 0.05) is 12.4 Å². The van der Waals surface area contributed by atoms with E-state index in [1.165, 1.54) is 0 Å². The highest BCUT2D eigenvalue weighted by Gasteiger charge is 2.53. The van der Waals surface area contributed by atoms with Gasteiger partial charge >= 0.3 is 18.1 Å². The Morgan fingerprint density at radius 1 is 1.26 bits per heavy atom. The predicted octanol–water partition coefficient (Wildman–Crippen LogP) is 0.842. The standard InChI is InChI=1S/C10H8F3N3O3/c11-10(12,13)8(19)16-9(1-2-9)7-14-3-5(4-15-7)6(17)18/h3-4H,1-2H2,(H,16,19)(H,17,18). The van der Waals surface area contributed by atoms with E-state index in [1.807, 2.05) is 5.32 Å². The average molecular weight is 275 g/mol. The molecule has 102 valence electrons. The number of amides is 1. The number of carbonyl (C=O) groups is 2. The molecule has 1 aliphatic rings. The number of carbonyl (C=O) groups excluding carboxylic acids is 1. The highest BCUT2D eigenvalue weighted by molar-refractivity contribution is 5.86. The number of aromatic carboxylic acids is 1. The molecule has 0 atom stereocenters. The molecule has 0 spiro atoms. The van der Waals surface area contributed by atoms with Gasteiger partial charge in [-0.15, -0.1) is 0 Å². The van der Waals surface area contributed by atoms with E-state index in [-0.39, 0.29) is 24.2 Å². The van der Waals surface area contributed by atoms with E-state index in [2.05, 4.69) is 9.97 Å². The lowest BCUT2D eigenvalue weighted by Crippen LogP contribution is -2.44. The first-order valence-corrected chi connectivity index (χ1v) is 5.20. The largest absolute Gasteiger partial charge is 0.478 e. The molecule has 0 radical (unpaired) electrons. The van der Waals surface area contributed by atoms with Gasteiger partial charge in [-0.2, -0.15) is 13.2 Å². The number of alkyl halides is 3. The molecule has 19 heavy (non-hydrogen) atoms. The van der Waals surface area contributed by atoms with Crippen molar-refractivity contribution in [3.05, 3.63) is 23.8 Å². The van der Waals surface area contributed by atoms with E-state index in [4.69, 9.17) is 5.11 Å². The van der Waals surface area contributed by atoms with Gasteiger partial charge in [-0.1, -0.05) is 0 Å². The number of carboxylic acid groups (broad SMARTS) is 1. The molecule has 0 bridgehead atoms. The van der Waals surface area contributed by atoms with Gasteiger partial charge in [0.1, 0.15) is 5.54 Å². The second kappa shape index (κ2) is 4.18. The molecule has 2 rings (SSSR count). The van der Waals surface area contributed by atoms with Crippen molar-refractivity contribution < 1.29 is 27.9 Å². The minimum absolute atomic E-state index is 0.0184. The summed E-state index contributed by atoms with van der Waals surface area (Å²) >= 11 is 0. The van der Waals surface area contributed by atoms with E-state index in [9.17, 15) is 22.8 Å². The zero-order valence-electron chi connectivity index (χ0n) is 9.36. The van der Waals surface area contributed by atoms with E-state index in [0.717, 1.165) is 12.4 Å². The number of halogens is 3. The van der Waals surface area contributed by atoms with Crippen LogP contribution in [0.2, 0.25) is 0 Å². The van der Waals surface area contributed by atoms with Crippen LogP contribution in [0, 0.1) is 0 Å². The minimum atomic E-state index is -4.98. The summed E-state index contributed by atoms with van der Waals surface area (Å²) in [6.45, 7) is 0. The number of rotatable bonds is 3. The van der Waals surface area contributed by atoms with Crippen LogP contribution in [0.25, 0.3) is 0 Å². The van der Waals surface area contributed by atoms with Gasteiger partial charge in [-0.3, -0.25) is 4.79 Å². The van der Waals surface area contributed by atoms with Crippen molar-refractivity contribution in [1.29, 1.82) is 0 Å². The molecule has 0 aromatic carbocycles. The molecule has 6 nitrogen and oxygen atoms in total. The fraction of sp³-hybridized carbons (Fsp3) is 0.400. The Bertz CT molecular complexity index is 523. The molecule has 1 fully saturated rings. The zero-order chi connectivity index (χ0) is 14.3. The van der Waals surface area contributed by atoms with Crippen LogP contribution < -0.4 is 5.32 Å². The number of nitrogens with one attached hydrogen (secondary N) is 1. The van der Waals surface area contributed by atoms with Gasteiger partial charge in [0.05, 0.1) is 5.56 Å². The number of aromatic nitrogens is 2. The highest BCUT2D eigenvalue weighted by atomic mass is 19.4. The summed E-state index contributed by atoms with van der Waals surface area (Å²) in [6.07, 6.45) is -2.44. The maximum absolute atomic E-state index is 12.2. The van der Waals surface area contributed by atoms with Gasteiger partial charge < -0.3 is 10.4 Å². The van der Waals surface area contributed by atoms with E-state index in [0.29, 0.717) is 0 Å². The molecule has 1 aromatic heterocycles. The summed E-state index contributed by atoms with van der Waals surface area (Å²) < 4.78 is 36.5. The van der Waals surface area contributed by atoms with Crippen molar-refractivity contribution in [3.8, 4) is 0 Å². The quantitative estimate of drug-likeness (QED) is 0.852. The van der Waals surface area contributed by atoms with Gasteiger partial charge in [0.25, 0.3) is 0 Å². The molecule has 0 unspecified atom stereocenters. The third-order valence-electron chi connectivity index (χ3n) is 2.69. The highest BCUT2D eigenvalue weighted by Crippen LogP contribution is 2.44. The molecule has 0 saturated heterocycles. The lowest BCUT2D eigenvalue weighted by atomic mass is 10.2. The van der Waals surface area contributed by atoms with Crippen molar-refractivity contribution in [2.45, 2.75) is 24.6 Å². The lowest BCUT2D eigenvalue weighted by Gasteiger charge is -2.16. The first-order valence-electron chi connectivity index (χ1n) is 5.20. The number of nitrogens with zero attached hydrogens (tertiary/aromatic N) is 2. The molecular weight excluding hydrogens is 267 g/mol. The maximum Gasteiger partial charge on any atom is 0.471 e.